The summed E-state index contributed by atoms with van der Waals surface area (Å²) in [5.41, 5.74) is 4.77. The molecule has 0 spiro atoms. The van der Waals surface area contributed by atoms with Gasteiger partial charge in [-0.2, -0.15) is 9.97 Å². The second kappa shape index (κ2) is 11.5. The molecule has 1 aliphatic heterocycles. The second-order valence-electron chi connectivity index (χ2n) is 9.54. The molecule has 0 aliphatic carbocycles. The Morgan fingerprint density at radius 2 is 1.43 bits per heavy atom. The van der Waals surface area contributed by atoms with E-state index in [1.54, 1.807) is 0 Å². The summed E-state index contributed by atoms with van der Waals surface area (Å²) in [7, 11) is 4.02. The Labute approximate surface area is 224 Å². The van der Waals surface area contributed by atoms with Crippen LogP contribution in [0.3, 0.4) is 0 Å². The van der Waals surface area contributed by atoms with E-state index < -0.39 is 0 Å². The molecule has 6 nitrogen and oxygen atoms in total. The number of piperazine rings is 1. The third-order valence-corrected chi connectivity index (χ3v) is 6.98. The highest BCUT2D eigenvalue weighted by atomic mass is 35.5. The van der Waals surface area contributed by atoms with Crippen LogP contribution in [0.2, 0.25) is 5.02 Å². The van der Waals surface area contributed by atoms with Crippen molar-refractivity contribution < 1.29 is 0 Å². The first kappa shape index (κ1) is 24.9. The van der Waals surface area contributed by atoms with Crippen molar-refractivity contribution in [3.8, 4) is 0 Å². The average Bonchev–Trinajstić information content (AvgIpc) is 2.93. The summed E-state index contributed by atoms with van der Waals surface area (Å²) >= 11 is 6.43. The number of rotatable bonds is 8. The van der Waals surface area contributed by atoms with Gasteiger partial charge in [0, 0.05) is 52.0 Å². The van der Waals surface area contributed by atoms with E-state index in [2.05, 4.69) is 75.8 Å². The second-order valence-corrected chi connectivity index (χ2v) is 9.95. The van der Waals surface area contributed by atoms with E-state index in [9.17, 15) is 0 Å². The van der Waals surface area contributed by atoms with Gasteiger partial charge in [0.05, 0.1) is 10.7 Å². The van der Waals surface area contributed by atoms with Gasteiger partial charge in [0.1, 0.15) is 11.6 Å². The predicted octanol–water partition coefficient (Wildman–Crippen LogP) is 6.05. The highest BCUT2D eigenvalue weighted by Gasteiger charge is 2.22. The summed E-state index contributed by atoms with van der Waals surface area (Å²) in [6.07, 6.45) is 2.01. The van der Waals surface area contributed by atoms with Crippen molar-refractivity contribution in [3.05, 3.63) is 101 Å². The monoisotopic (exact) mass is 512 g/mol. The highest BCUT2D eigenvalue weighted by Crippen LogP contribution is 2.28. The summed E-state index contributed by atoms with van der Waals surface area (Å²) in [5.74, 6) is 2.41. The quantitative estimate of drug-likeness (QED) is 0.310. The molecule has 37 heavy (non-hydrogen) atoms. The molecule has 4 aromatic rings. The SMILES string of the molecule is CN(C)c1cc(Nc2cccc(CCc3ccccc3)c2)nc(N2CCN(c3ccccc3Cl)CC2)n1. The molecule has 0 bridgehead atoms. The Balaban J connectivity index is 1.29. The standard InChI is InChI=1S/C30H33ClN6/c1-35(2)29-22-28(32-25-12-8-11-24(21-25)16-15-23-9-4-3-5-10-23)33-30(34-29)37-19-17-36(18-20-37)27-14-7-6-13-26(27)31/h3-14,21-22H,15-20H2,1-2H3,(H,32,33,34). The third kappa shape index (κ3) is 6.33. The molecule has 3 aromatic carbocycles. The number of nitrogens with zero attached hydrogens (tertiary/aromatic N) is 5. The molecule has 1 aromatic heterocycles. The van der Waals surface area contributed by atoms with Crippen molar-refractivity contribution in [2.75, 3.05) is 60.3 Å². The van der Waals surface area contributed by atoms with Crippen LogP contribution in [0.1, 0.15) is 11.1 Å². The molecule has 190 valence electrons. The van der Waals surface area contributed by atoms with Crippen LogP contribution in [0.5, 0.6) is 0 Å². The van der Waals surface area contributed by atoms with Crippen molar-refractivity contribution in [1.82, 2.24) is 9.97 Å². The normalized spacial score (nSPS) is 13.5. The predicted molar refractivity (Wildman–Crippen MR) is 156 cm³/mol. The maximum Gasteiger partial charge on any atom is 0.229 e. The lowest BCUT2D eigenvalue weighted by Crippen LogP contribution is -2.47. The van der Waals surface area contributed by atoms with Crippen LogP contribution in [0, 0.1) is 0 Å². The first-order valence-corrected chi connectivity index (χ1v) is 13.1. The molecule has 0 radical (unpaired) electrons. The Morgan fingerprint density at radius 1 is 0.757 bits per heavy atom. The summed E-state index contributed by atoms with van der Waals surface area (Å²) in [6.45, 7) is 3.39. The minimum atomic E-state index is 0.743. The number of para-hydroxylation sites is 1. The third-order valence-electron chi connectivity index (χ3n) is 6.66. The molecule has 0 atom stereocenters. The molecular formula is C30H33ClN6. The van der Waals surface area contributed by atoms with E-state index in [0.29, 0.717) is 0 Å². The van der Waals surface area contributed by atoms with Crippen LogP contribution in [0.4, 0.5) is 29.0 Å². The van der Waals surface area contributed by atoms with Gasteiger partial charge in [-0.25, -0.2) is 0 Å². The van der Waals surface area contributed by atoms with Gasteiger partial charge in [-0.1, -0.05) is 66.2 Å². The smallest absolute Gasteiger partial charge is 0.229 e. The molecule has 5 rings (SSSR count). The Kier molecular flexibility index (Phi) is 7.76. The van der Waals surface area contributed by atoms with Gasteiger partial charge in [-0.3, -0.25) is 0 Å². The minimum Gasteiger partial charge on any atom is -0.367 e. The van der Waals surface area contributed by atoms with E-state index in [-0.39, 0.29) is 0 Å². The number of nitrogens with one attached hydrogen (secondary N) is 1. The van der Waals surface area contributed by atoms with Gasteiger partial charge in [0.25, 0.3) is 0 Å². The molecule has 0 unspecified atom stereocenters. The molecule has 1 aliphatic rings. The number of hydrogen-bond donors (Lipinski definition) is 1. The fourth-order valence-electron chi connectivity index (χ4n) is 4.60. The van der Waals surface area contributed by atoms with Crippen LogP contribution >= 0.6 is 11.6 Å². The fraction of sp³-hybridized carbons (Fsp3) is 0.267. The summed E-state index contributed by atoms with van der Waals surface area (Å²) < 4.78 is 0. The molecule has 1 saturated heterocycles. The summed E-state index contributed by atoms with van der Waals surface area (Å²) in [4.78, 5) is 16.4. The van der Waals surface area contributed by atoms with Gasteiger partial charge in [0.2, 0.25) is 5.95 Å². The molecule has 7 heteroatoms. The fourth-order valence-corrected chi connectivity index (χ4v) is 4.85. The summed E-state index contributed by atoms with van der Waals surface area (Å²) in [6, 6.07) is 29.2. The van der Waals surface area contributed by atoms with Crippen LogP contribution in [0.15, 0.2) is 84.9 Å². The molecule has 0 saturated carbocycles. The van der Waals surface area contributed by atoms with Gasteiger partial charge in [-0.15, -0.1) is 0 Å². The highest BCUT2D eigenvalue weighted by molar-refractivity contribution is 6.33. The van der Waals surface area contributed by atoms with E-state index in [1.165, 1.54) is 11.1 Å². The largest absolute Gasteiger partial charge is 0.367 e. The van der Waals surface area contributed by atoms with Gasteiger partial charge in [0.15, 0.2) is 0 Å². The first-order valence-electron chi connectivity index (χ1n) is 12.8. The van der Waals surface area contributed by atoms with Crippen LogP contribution in [-0.4, -0.2) is 50.2 Å². The molecule has 1 N–H and O–H groups in total. The van der Waals surface area contributed by atoms with E-state index in [0.717, 1.165) is 73.0 Å². The van der Waals surface area contributed by atoms with E-state index >= 15 is 0 Å². The van der Waals surface area contributed by atoms with Crippen molar-refractivity contribution in [2.45, 2.75) is 12.8 Å². The number of hydrogen-bond acceptors (Lipinski definition) is 6. The Hall–Kier alpha value is -3.77. The zero-order chi connectivity index (χ0) is 25.6. The van der Waals surface area contributed by atoms with E-state index in [4.69, 9.17) is 21.6 Å². The maximum absolute atomic E-state index is 6.43. The lowest BCUT2D eigenvalue weighted by atomic mass is 10.0. The zero-order valence-corrected chi connectivity index (χ0v) is 22.2. The molecule has 0 amide bonds. The first-order chi connectivity index (χ1) is 18.0. The van der Waals surface area contributed by atoms with Crippen LogP contribution in [0.25, 0.3) is 0 Å². The van der Waals surface area contributed by atoms with Crippen molar-refractivity contribution in [1.29, 1.82) is 0 Å². The average molecular weight is 513 g/mol. The number of anilines is 5. The lowest BCUT2D eigenvalue weighted by molar-refractivity contribution is 0.640. The van der Waals surface area contributed by atoms with Crippen molar-refractivity contribution in [3.63, 3.8) is 0 Å². The van der Waals surface area contributed by atoms with E-state index in [1.807, 2.05) is 43.3 Å². The van der Waals surface area contributed by atoms with Crippen molar-refractivity contribution in [2.24, 2.45) is 0 Å². The van der Waals surface area contributed by atoms with Gasteiger partial charge in [-0.05, 0) is 48.2 Å². The Bertz CT molecular complexity index is 1320. The topological polar surface area (TPSA) is 47.5 Å². The number of aryl methyl sites for hydroxylation is 2. The van der Waals surface area contributed by atoms with Gasteiger partial charge < -0.3 is 20.0 Å². The minimum absolute atomic E-state index is 0.743. The summed E-state index contributed by atoms with van der Waals surface area (Å²) in [5, 5.41) is 4.32. The van der Waals surface area contributed by atoms with Crippen LogP contribution < -0.4 is 20.0 Å². The Morgan fingerprint density at radius 3 is 2.19 bits per heavy atom. The lowest BCUT2D eigenvalue weighted by Gasteiger charge is -2.36. The molecule has 2 heterocycles. The molecule has 1 fully saturated rings. The maximum atomic E-state index is 6.43. The van der Waals surface area contributed by atoms with Crippen LogP contribution in [-0.2, 0) is 12.8 Å². The van der Waals surface area contributed by atoms with Crippen molar-refractivity contribution >= 4 is 40.6 Å². The number of benzene rings is 3. The number of halogens is 1. The number of aromatic nitrogens is 2. The molecular weight excluding hydrogens is 480 g/mol. The van der Waals surface area contributed by atoms with Gasteiger partial charge >= 0.3 is 0 Å². The zero-order valence-electron chi connectivity index (χ0n) is 21.4.